The number of aromatic nitrogens is 1. The number of carbonyl (C=O) groups excluding carboxylic acids is 1. The van der Waals surface area contributed by atoms with Crippen LogP contribution in [0.15, 0.2) is 18.3 Å². The van der Waals surface area contributed by atoms with Gasteiger partial charge in [0.2, 0.25) is 5.88 Å². The van der Waals surface area contributed by atoms with Crippen LogP contribution in [-0.4, -0.2) is 34.5 Å². The van der Waals surface area contributed by atoms with Gasteiger partial charge >= 0.3 is 6.09 Å². The normalized spacial score (nSPS) is 11.3. The number of anilines is 1. The van der Waals surface area contributed by atoms with Crippen LogP contribution in [0.5, 0.6) is 5.88 Å². The van der Waals surface area contributed by atoms with Crippen molar-refractivity contribution < 1.29 is 19.4 Å². The van der Waals surface area contributed by atoms with Crippen LogP contribution in [0.3, 0.4) is 0 Å². The van der Waals surface area contributed by atoms with Crippen molar-refractivity contribution in [2.45, 2.75) is 45.8 Å². The fourth-order valence-corrected chi connectivity index (χ4v) is 1.33. The highest BCUT2D eigenvalue weighted by Crippen LogP contribution is 2.16. The molecule has 6 nitrogen and oxygen atoms in total. The molecule has 1 aromatic heterocycles. The second kappa shape index (κ2) is 7.09. The summed E-state index contributed by atoms with van der Waals surface area (Å²) in [7, 11) is 0. The van der Waals surface area contributed by atoms with Gasteiger partial charge in [0, 0.05) is 18.7 Å². The molecule has 0 aromatic carbocycles. The van der Waals surface area contributed by atoms with Crippen molar-refractivity contribution in [2.75, 3.05) is 11.9 Å². The van der Waals surface area contributed by atoms with Gasteiger partial charge in [-0.1, -0.05) is 0 Å². The van der Waals surface area contributed by atoms with Gasteiger partial charge in [-0.3, -0.25) is 5.32 Å². The zero-order chi connectivity index (χ0) is 15.2. The summed E-state index contributed by atoms with van der Waals surface area (Å²) in [5.74, 6) is 0.386. The van der Waals surface area contributed by atoms with E-state index in [1.807, 2.05) is 0 Å². The zero-order valence-electron chi connectivity index (χ0n) is 12.3. The number of aliphatic hydroxyl groups is 1. The molecule has 0 saturated carbocycles. The van der Waals surface area contributed by atoms with Gasteiger partial charge in [-0.05, 0) is 33.8 Å². The van der Waals surface area contributed by atoms with Gasteiger partial charge in [-0.25, -0.2) is 9.78 Å². The summed E-state index contributed by atoms with van der Waals surface area (Å²) in [6, 6.07) is 3.25. The van der Waals surface area contributed by atoms with Crippen LogP contribution in [0, 0.1) is 0 Å². The number of hydrogen-bond donors (Lipinski definition) is 2. The van der Waals surface area contributed by atoms with Gasteiger partial charge < -0.3 is 14.6 Å². The van der Waals surface area contributed by atoms with E-state index in [2.05, 4.69) is 10.3 Å². The Morgan fingerprint density at radius 3 is 2.80 bits per heavy atom. The van der Waals surface area contributed by atoms with E-state index in [-0.39, 0.29) is 6.10 Å². The summed E-state index contributed by atoms with van der Waals surface area (Å²) >= 11 is 0. The molecule has 0 bridgehead atoms. The maximum absolute atomic E-state index is 11.5. The molecule has 0 spiro atoms. The van der Waals surface area contributed by atoms with E-state index in [9.17, 15) is 9.90 Å². The number of pyridine rings is 1. The highest BCUT2D eigenvalue weighted by Gasteiger charge is 2.12. The minimum Gasteiger partial charge on any atom is -0.477 e. The third-order valence-electron chi connectivity index (χ3n) is 2.29. The molecule has 1 heterocycles. The first-order chi connectivity index (χ1) is 9.26. The number of rotatable bonds is 6. The van der Waals surface area contributed by atoms with Crippen LogP contribution in [0.1, 0.15) is 34.1 Å². The third kappa shape index (κ3) is 6.94. The number of nitrogens with zero attached hydrogens (tertiary/aromatic N) is 1. The molecule has 1 amide bonds. The average molecular weight is 282 g/mol. The molecule has 112 valence electrons. The Kier molecular flexibility index (Phi) is 5.76. The first-order valence-electron chi connectivity index (χ1n) is 6.55. The predicted molar refractivity (Wildman–Crippen MR) is 75.9 cm³/mol. The van der Waals surface area contributed by atoms with E-state index in [4.69, 9.17) is 9.47 Å². The van der Waals surface area contributed by atoms with Crippen LogP contribution in [0.25, 0.3) is 0 Å². The van der Waals surface area contributed by atoms with Gasteiger partial charge in [-0.15, -0.1) is 0 Å². The third-order valence-corrected chi connectivity index (χ3v) is 2.29. The molecule has 6 heteroatoms. The van der Waals surface area contributed by atoms with E-state index in [1.165, 1.54) is 6.20 Å². The molecule has 1 aromatic rings. The summed E-state index contributed by atoms with van der Waals surface area (Å²) in [6.45, 7) is 7.32. The number of nitrogens with one attached hydrogen (secondary N) is 1. The van der Waals surface area contributed by atoms with Gasteiger partial charge in [0.15, 0.2) is 0 Å². The smallest absolute Gasteiger partial charge is 0.411 e. The Morgan fingerprint density at radius 1 is 1.50 bits per heavy atom. The minimum absolute atomic E-state index is 0.181. The quantitative estimate of drug-likeness (QED) is 0.838. The van der Waals surface area contributed by atoms with Crippen molar-refractivity contribution in [1.82, 2.24) is 4.98 Å². The van der Waals surface area contributed by atoms with Crippen molar-refractivity contribution in [2.24, 2.45) is 0 Å². The molecular weight excluding hydrogens is 260 g/mol. The van der Waals surface area contributed by atoms with Crippen LogP contribution in [0.2, 0.25) is 0 Å². The first kappa shape index (κ1) is 16.2. The van der Waals surface area contributed by atoms with Crippen molar-refractivity contribution in [1.29, 1.82) is 0 Å². The van der Waals surface area contributed by atoms with E-state index in [1.54, 1.807) is 39.8 Å². The Morgan fingerprint density at radius 2 is 2.20 bits per heavy atom. The lowest BCUT2D eigenvalue weighted by Gasteiger charge is -2.16. The van der Waals surface area contributed by atoms with Gasteiger partial charge in [0.1, 0.15) is 0 Å². The first-order valence-corrected chi connectivity index (χ1v) is 6.55. The largest absolute Gasteiger partial charge is 0.477 e. The standard InChI is InChI=1S/C14H22N2O4/c1-10(2)20-13(17)16-11-5-7-15-12(9-11)19-8-6-14(3,4)18/h5,7,9-10,18H,6,8H2,1-4H3,(H,15,16,17). The summed E-state index contributed by atoms with van der Waals surface area (Å²) in [5.41, 5.74) is -0.236. The highest BCUT2D eigenvalue weighted by molar-refractivity contribution is 5.84. The molecule has 0 fully saturated rings. The van der Waals surface area contributed by atoms with Gasteiger partial charge in [0.25, 0.3) is 0 Å². The average Bonchev–Trinajstić information content (AvgIpc) is 2.26. The monoisotopic (exact) mass is 282 g/mol. The van der Waals surface area contributed by atoms with Crippen molar-refractivity contribution in [3.8, 4) is 5.88 Å². The molecule has 0 unspecified atom stereocenters. The van der Waals surface area contributed by atoms with Gasteiger partial charge in [-0.2, -0.15) is 0 Å². The van der Waals surface area contributed by atoms with Crippen molar-refractivity contribution in [3.63, 3.8) is 0 Å². The van der Waals surface area contributed by atoms with Crippen LogP contribution in [-0.2, 0) is 4.74 Å². The highest BCUT2D eigenvalue weighted by atomic mass is 16.6. The fraction of sp³-hybridized carbons (Fsp3) is 0.571. The molecule has 1 rings (SSSR count). The summed E-state index contributed by atoms with van der Waals surface area (Å²) in [5, 5.41) is 12.2. The summed E-state index contributed by atoms with van der Waals surface area (Å²) in [6.07, 6.45) is 1.32. The van der Waals surface area contributed by atoms with E-state index < -0.39 is 11.7 Å². The SMILES string of the molecule is CC(C)OC(=O)Nc1ccnc(OCCC(C)(C)O)c1. The van der Waals surface area contributed by atoms with Crippen molar-refractivity contribution >= 4 is 11.8 Å². The fourth-order valence-electron chi connectivity index (χ4n) is 1.33. The second-order valence-corrected chi connectivity index (χ2v) is 5.37. The summed E-state index contributed by atoms with van der Waals surface area (Å²) in [4.78, 5) is 15.5. The Balaban J connectivity index is 2.51. The number of ether oxygens (including phenoxy) is 2. The van der Waals surface area contributed by atoms with E-state index >= 15 is 0 Å². The zero-order valence-corrected chi connectivity index (χ0v) is 12.3. The Labute approximate surface area is 119 Å². The molecular formula is C14H22N2O4. The van der Waals surface area contributed by atoms with Crippen LogP contribution < -0.4 is 10.1 Å². The van der Waals surface area contributed by atoms with Crippen LogP contribution >= 0.6 is 0 Å². The molecule has 20 heavy (non-hydrogen) atoms. The maximum atomic E-state index is 11.5. The lowest BCUT2D eigenvalue weighted by atomic mass is 10.1. The van der Waals surface area contributed by atoms with E-state index in [0.717, 1.165) is 0 Å². The molecule has 0 aliphatic carbocycles. The number of amides is 1. The number of carbonyl (C=O) groups is 1. The topological polar surface area (TPSA) is 80.7 Å². The van der Waals surface area contributed by atoms with E-state index in [0.29, 0.717) is 24.6 Å². The molecule has 0 radical (unpaired) electrons. The molecule has 2 N–H and O–H groups in total. The minimum atomic E-state index is -0.781. The maximum Gasteiger partial charge on any atom is 0.411 e. The molecule has 0 aliphatic rings. The summed E-state index contributed by atoms with van der Waals surface area (Å²) < 4.78 is 10.4. The Hall–Kier alpha value is -1.82. The lowest BCUT2D eigenvalue weighted by Crippen LogP contribution is -2.22. The number of hydrogen-bond acceptors (Lipinski definition) is 5. The lowest BCUT2D eigenvalue weighted by molar-refractivity contribution is 0.0547. The van der Waals surface area contributed by atoms with Crippen LogP contribution in [0.4, 0.5) is 10.5 Å². The van der Waals surface area contributed by atoms with Gasteiger partial charge in [0.05, 0.1) is 24.0 Å². The Bertz CT molecular complexity index is 441. The second-order valence-electron chi connectivity index (χ2n) is 5.37. The van der Waals surface area contributed by atoms with Crippen molar-refractivity contribution in [3.05, 3.63) is 18.3 Å². The molecule has 0 atom stereocenters. The predicted octanol–water partition coefficient (Wildman–Crippen LogP) is 2.58. The molecule has 0 aliphatic heterocycles. The molecule has 0 saturated heterocycles.